The van der Waals surface area contributed by atoms with E-state index in [1.807, 2.05) is 0 Å². The van der Waals surface area contributed by atoms with Gasteiger partial charge in [-0.2, -0.15) is 0 Å². The van der Waals surface area contributed by atoms with Gasteiger partial charge in [0.15, 0.2) is 5.82 Å². The maximum atomic E-state index is 15.0. The molecule has 2 heterocycles. The van der Waals surface area contributed by atoms with Crippen LogP contribution in [0.5, 0.6) is 0 Å². The largest absolute Gasteiger partial charge is 0.481 e. The van der Waals surface area contributed by atoms with E-state index < -0.39 is 24.2 Å². The van der Waals surface area contributed by atoms with Crippen LogP contribution in [-0.2, 0) is 11.2 Å². The fraction of sp³-hybridized carbons (Fsp3) is 0.478. The molecule has 0 bridgehead atoms. The predicted octanol–water partition coefficient (Wildman–Crippen LogP) is 4.46. The van der Waals surface area contributed by atoms with Gasteiger partial charge in [-0.05, 0) is 31.7 Å². The zero-order chi connectivity index (χ0) is 22.7. The molecule has 1 fully saturated rings. The smallest absolute Gasteiger partial charge is 0.307 e. The number of halogens is 1. The van der Waals surface area contributed by atoms with Crippen LogP contribution in [0.3, 0.4) is 0 Å². The number of carbonyl (C=O) groups excluding carboxylic acids is 1. The number of benzene rings is 1. The van der Waals surface area contributed by atoms with E-state index in [-0.39, 0.29) is 22.9 Å². The normalized spacial score (nSPS) is 16.4. The summed E-state index contributed by atoms with van der Waals surface area (Å²) in [7, 11) is 0. The molecule has 170 valence electrons. The summed E-state index contributed by atoms with van der Waals surface area (Å²) in [6.07, 6.45) is 8.38. The Balaban J connectivity index is 1.70. The van der Waals surface area contributed by atoms with E-state index in [9.17, 15) is 14.0 Å². The molecule has 32 heavy (non-hydrogen) atoms. The molecule has 1 aromatic carbocycles. The van der Waals surface area contributed by atoms with Crippen molar-refractivity contribution < 1.29 is 23.6 Å². The Morgan fingerprint density at radius 3 is 2.62 bits per heavy atom. The Morgan fingerprint density at radius 1 is 1.25 bits per heavy atom. The molecule has 1 aliphatic carbocycles. The standard InChI is InChI=1S/C23H27FN4O4/c1-13-16(12-32-28-13)23(31)27-20(14-7-5-3-2-4-6-8-14)22-25-17-10-9-15(11-18(29)30)19(24)21(17)26-22/h9-10,12,14,20H,2-8,11H2,1H3,(H,25,26)(H,27,31)(H,29,30)/t20-/m0/s1. The first kappa shape index (κ1) is 22.0. The Hall–Kier alpha value is -3.23. The van der Waals surface area contributed by atoms with E-state index >= 15 is 0 Å². The molecule has 0 unspecified atom stereocenters. The van der Waals surface area contributed by atoms with Gasteiger partial charge in [-0.15, -0.1) is 0 Å². The van der Waals surface area contributed by atoms with E-state index in [2.05, 4.69) is 20.4 Å². The fourth-order valence-corrected chi connectivity index (χ4v) is 4.51. The van der Waals surface area contributed by atoms with Crippen LogP contribution in [-0.4, -0.2) is 32.1 Å². The van der Waals surface area contributed by atoms with Crippen LogP contribution in [0.1, 0.15) is 78.4 Å². The fourth-order valence-electron chi connectivity index (χ4n) is 4.51. The number of nitrogens with zero attached hydrogens (tertiary/aromatic N) is 2. The van der Waals surface area contributed by atoms with Crippen molar-refractivity contribution in [3.05, 3.63) is 46.9 Å². The summed E-state index contributed by atoms with van der Waals surface area (Å²) in [6, 6.07) is 2.65. The molecule has 1 atom stereocenters. The second kappa shape index (κ2) is 9.50. The van der Waals surface area contributed by atoms with Crippen LogP contribution in [0.4, 0.5) is 4.39 Å². The number of hydrogen-bond acceptors (Lipinski definition) is 5. The number of amides is 1. The number of aromatic nitrogens is 3. The lowest BCUT2D eigenvalue weighted by molar-refractivity contribution is -0.136. The summed E-state index contributed by atoms with van der Waals surface area (Å²) in [4.78, 5) is 31.7. The third kappa shape index (κ3) is 4.66. The van der Waals surface area contributed by atoms with Gasteiger partial charge in [0.2, 0.25) is 0 Å². The van der Waals surface area contributed by atoms with Gasteiger partial charge in [-0.3, -0.25) is 9.59 Å². The molecule has 2 aromatic heterocycles. The number of carbonyl (C=O) groups is 2. The topological polar surface area (TPSA) is 121 Å². The van der Waals surface area contributed by atoms with Gasteiger partial charge in [-0.25, -0.2) is 9.37 Å². The molecule has 1 saturated carbocycles. The van der Waals surface area contributed by atoms with Crippen molar-refractivity contribution in [3.8, 4) is 0 Å². The number of aryl methyl sites for hydroxylation is 1. The zero-order valence-corrected chi connectivity index (χ0v) is 18.0. The lowest BCUT2D eigenvalue weighted by atomic mass is 9.85. The Labute approximate surface area is 184 Å². The van der Waals surface area contributed by atoms with Crippen LogP contribution in [0.15, 0.2) is 22.9 Å². The van der Waals surface area contributed by atoms with Gasteiger partial charge in [-0.1, -0.05) is 43.3 Å². The number of imidazole rings is 1. The Kier molecular flexibility index (Phi) is 6.53. The van der Waals surface area contributed by atoms with Crippen LogP contribution in [0.25, 0.3) is 11.0 Å². The molecule has 0 saturated heterocycles. The highest BCUT2D eigenvalue weighted by atomic mass is 19.1. The minimum absolute atomic E-state index is 0.0784. The maximum absolute atomic E-state index is 15.0. The number of aliphatic carboxylic acids is 1. The molecule has 0 aliphatic heterocycles. The van der Waals surface area contributed by atoms with Gasteiger partial charge in [0.1, 0.15) is 23.2 Å². The average molecular weight is 442 g/mol. The van der Waals surface area contributed by atoms with Crippen molar-refractivity contribution in [3.63, 3.8) is 0 Å². The highest BCUT2D eigenvalue weighted by Crippen LogP contribution is 2.34. The molecule has 9 heteroatoms. The highest BCUT2D eigenvalue weighted by molar-refractivity contribution is 5.95. The lowest BCUT2D eigenvalue weighted by Crippen LogP contribution is -2.35. The minimum atomic E-state index is -1.11. The van der Waals surface area contributed by atoms with E-state index in [1.54, 1.807) is 13.0 Å². The monoisotopic (exact) mass is 442 g/mol. The van der Waals surface area contributed by atoms with E-state index in [0.29, 0.717) is 22.6 Å². The first-order chi connectivity index (χ1) is 15.4. The summed E-state index contributed by atoms with van der Waals surface area (Å²) in [5.74, 6) is -1.46. The first-order valence-corrected chi connectivity index (χ1v) is 11.0. The van der Waals surface area contributed by atoms with Gasteiger partial charge >= 0.3 is 5.97 Å². The molecule has 0 spiro atoms. The second-order valence-electron chi connectivity index (χ2n) is 8.50. The first-order valence-electron chi connectivity index (χ1n) is 11.0. The number of fused-ring (bicyclic) bond motifs is 1. The van der Waals surface area contributed by atoms with Crippen LogP contribution in [0, 0.1) is 18.7 Å². The van der Waals surface area contributed by atoms with Gasteiger partial charge in [0.05, 0.1) is 23.7 Å². The van der Waals surface area contributed by atoms with Gasteiger partial charge < -0.3 is 19.9 Å². The summed E-state index contributed by atoms with van der Waals surface area (Å²) in [6.45, 7) is 1.70. The van der Waals surface area contributed by atoms with Crippen molar-refractivity contribution in [1.82, 2.24) is 20.4 Å². The zero-order valence-electron chi connectivity index (χ0n) is 18.0. The number of rotatable bonds is 6. The average Bonchev–Trinajstić information content (AvgIpc) is 3.35. The SMILES string of the molecule is Cc1nocc1C(=O)N[C@H](c1nc2c(F)c(CC(=O)O)ccc2[nH]1)C1CCCCCCC1. The number of nitrogens with one attached hydrogen (secondary N) is 2. The second-order valence-corrected chi connectivity index (χ2v) is 8.50. The van der Waals surface area contributed by atoms with Crippen molar-refractivity contribution in [2.75, 3.05) is 0 Å². The number of H-pyrrole nitrogens is 1. The predicted molar refractivity (Wildman–Crippen MR) is 115 cm³/mol. The van der Waals surface area contributed by atoms with Gasteiger partial charge in [0, 0.05) is 5.56 Å². The molecule has 1 aliphatic rings. The number of aromatic amines is 1. The molecule has 3 N–H and O–H groups in total. The Morgan fingerprint density at radius 2 is 1.97 bits per heavy atom. The van der Waals surface area contributed by atoms with Crippen molar-refractivity contribution in [1.29, 1.82) is 0 Å². The molecular formula is C23H27FN4O4. The van der Waals surface area contributed by atoms with Crippen molar-refractivity contribution in [2.24, 2.45) is 5.92 Å². The highest BCUT2D eigenvalue weighted by Gasteiger charge is 2.30. The Bertz CT molecular complexity index is 1110. The van der Waals surface area contributed by atoms with Crippen LogP contribution < -0.4 is 5.32 Å². The van der Waals surface area contributed by atoms with Crippen LogP contribution in [0.2, 0.25) is 0 Å². The summed E-state index contributed by atoms with van der Waals surface area (Å²) >= 11 is 0. The molecule has 3 aromatic rings. The molecule has 8 nitrogen and oxygen atoms in total. The molecule has 0 radical (unpaired) electrons. The van der Waals surface area contributed by atoms with E-state index in [4.69, 9.17) is 9.63 Å². The number of hydrogen-bond donors (Lipinski definition) is 3. The molecular weight excluding hydrogens is 415 g/mol. The summed E-state index contributed by atoms with van der Waals surface area (Å²) < 4.78 is 19.9. The third-order valence-corrected chi connectivity index (χ3v) is 6.23. The summed E-state index contributed by atoms with van der Waals surface area (Å²) in [5, 5.41) is 15.9. The van der Waals surface area contributed by atoms with Crippen molar-refractivity contribution >= 4 is 22.9 Å². The summed E-state index contributed by atoms with van der Waals surface area (Å²) in [5.41, 5.74) is 1.48. The van der Waals surface area contributed by atoms with Gasteiger partial charge in [0.25, 0.3) is 5.91 Å². The lowest BCUT2D eigenvalue weighted by Gasteiger charge is -2.28. The maximum Gasteiger partial charge on any atom is 0.307 e. The van der Waals surface area contributed by atoms with E-state index in [1.165, 1.54) is 18.8 Å². The van der Waals surface area contributed by atoms with Crippen LogP contribution >= 0.6 is 0 Å². The number of carboxylic acid groups (broad SMARTS) is 1. The number of carboxylic acids is 1. The quantitative estimate of drug-likeness (QED) is 0.518. The molecule has 1 amide bonds. The van der Waals surface area contributed by atoms with E-state index in [0.717, 1.165) is 38.5 Å². The minimum Gasteiger partial charge on any atom is -0.481 e. The third-order valence-electron chi connectivity index (χ3n) is 6.23. The molecule has 4 rings (SSSR count). The van der Waals surface area contributed by atoms with Crippen molar-refractivity contribution in [2.45, 2.75) is 64.3 Å².